The van der Waals surface area contributed by atoms with Crippen LogP contribution in [0.25, 0.3) is 136 Å². The lowest BCUT2D eigenvalue weighted by Gasteiger charge is -2.11. The van der Waals surface area contributed by atoms with Crippen LogP contribution in [0.5, 0.6) is 0 Å². The number of fused-ring (bicyclic) bond motifs is 13. The Morgan fingerprint density at radius 3 is 1.76 bits per heavy atom. The quantitative estimate of drug-likeness (QED) is 0.177. The van der Waals surface area contributed by atoms with Gasteiger partial charge in [-0.15, -0.1) is 11.3 Å². The minimum atomic E-state index is 0.610. The largest absolute Gasteiger partial charge is 0.456 e. The maximum Gasteiger partial charge on any atom is 0.165 e. The predicted molar refractivity (Wildman–Crippen MR) is 263 cm³/mol. The number of hydrogen-bond acceptors (Lipinski definition) is 5. The van der Waals surface area contributed by atoms with E-state index < -0.39 is 0 Å². The van der Waals surface area contributed by atoms with Crippen LogP contribution >= 0.6 is 11.3 Å². The SMILES string of the molecule is c1ccc(-c2nc(-c3ccc4oc5ccc6ccc(-n7c8cc9ccccc9cc8c8cc9ccccc9cc87)cc6c5c4c3)nc(-c3cccc4c3sc3ccccc34)n2)cc1. The smallest absolute Gasteiger partial charge is 0.165 e. The fourth-order valence-electron chi connectivity index (χ4n) is 9.79. The molecule has 0 saturated carbocycles. The average Bonchev–Trinajstić information content (AvgIpc) is 4.01. The Kier molecular flexibility index (Phi) is 7.21. The van der Waals surface area contributed by atoms with Crippen LogP contribution < -0.4 is 0 Å². The van der Waals surface area contributed by atoms with E-state index in [9.17, 15) is 0 Å². The second-order valence-corrected chi connectivity index (χ2v) is 17.4. The number of benzene rings is 10. The molecule has 0 aliphatic rings. The first-order chi connectivity index (χ1) is 31.2. The van der Waals surface area contributed by atoms with Crippen molar-refractivity contribution >= 4 is 108 Å². The van der Waals surface area contributed by atoms with Crippen molar-refractivity contribution in [2.75, 3.05) is 0 Å². The first-order valence-electron chi connectivity index (χ1n) is 21.2. The predicted octanol–water partition coefficient (Wildman–Crippen LogP) is 15.7. The third-order valence-corrected chi connectivity index (χ3v) is 14.0. The molecule has 14 aromatic rings. The Bertz CT molecular complexity index is 4130. The molecule has 0 bridgehead atoms. The molecule has 0 atom stereocenters. The summed E-state index contributed by atoms with van der Waals surface area (Å²) in [7, 11) is 0. The van der Waals surface area contributed by atoms with E-state index in [0.717, 1.165) is 59.8 Å². The lowest BCUT2D eigenvalue weighted by molar-refractivity contribution is 0.669. The van der Waals surface area contributed by atoms with Gasteiger partial charge in [0.2, 0.25) is 0 Å². The molecule has 0 aliphatic heterocycles. The van der Waals surface area contributed by atoms with Crippen molar-refractivity contribution in [1.82, 2.24) is 19.5 Å². The lowest BCUT2D eigenvalue weighted by atomic mass is 10.0. The van der Waals surface area contributed by atoms with Crippen molar-refractivity contribution in [1.29, 1.82) is 0 Å². The minimum absolute atomic E-state index is 0.610. The molecule has 0 saturated heterocycles. The Hall–Kier alpha value is -8.19. The first-order valence-corrected chi connectivity index (χ1v) is 22.0. The second-order valence-electron chi connectivity index (χ2n) is 16.4. The van der Waals surface area contributed by atoms with Crippen molar-refractivity contribution in [3.05, 3.63) is 194 Å². The van der Waals surface area contributed by atoms with Crippen molar-refractivity contribution in [3.8, 4) is 39.9 Å². The Morgan fingerprint density at radius 2 is 1.00 bits per heavy atom. The molecular formula is C57H32N4OS. The van der Waals surface area contributed by atoms with Crippen molar-refractivity contribution in [3.63, 3.8) is 0 Å². The van der Waals surface area contributed by atoms with Crippen LogP contribution in [0, 0.1) is 0 Å². The average molecular weight is 821 g/mol. The van der Waals surface area contributed by atoms with Gasteiger partial charge < -0.3 is 8.98 Å². The van der Waals surface area contributed by atoms with Crippen LogP contribution in [-0.2, 0) is 0 Å². The van der Waals surface area contributed by atoms with Crippen LogP contribution in [-0.4, -0.2) is 19.5 Å². The first kappa shape index (κ1) is 34.5. The molecule has 0 amide bonds. The second kappa shape index (κ2) is 13.2. The lowest BCUT2D eigenvalue weighted by Crippen LogP contribution is -2.00. The van der Waals surface area contributed by atoms with Gasteiger partial charge in [-0.05, 0) is 105 Å². The third kappa shape index (κ3) is 5.25. The van der Waals surface area contributed by atoms with E-state index in [0.29, 0.717) is 17.5 Å². The molecule has 63 heavy (non-hydrogen) atoms. The van der Waals surface area contributed by atoms with Crippen LogP contribution in [0.3, 0.4) is 0 Å². The zero-order valence-corrected chi connectivity index (χ0v) is 34.4. The maximum absolute atomic E-state index is 6.62. The number of aromatic nitrogens is 4. The summed E-state index contributed by atoms with van der Waals surface area (Å²) in [5, 5.41) is 14.2. The fourth-order valence-corrected chi connectivity index (χ4v) is 11.0. The standard InChI is InChI=1S/C57H32N4OS/c1-2-11-34(12-3-1)55-58-56(60-57(59-55)43-19-10-18-42-41-17-8-9-20-52(41)63-54(42)43)39-23-25-50-47(29-39)53-44-32-40(24-21-33(44)22-26-51(53)62-50)61-48-30-37-15-6-4-13-35(37)27-45(48)46-28-36-14-5-7-16-38(36)31-49(46)61/h1-32H. The van der Waals surface area contributed by atoms with Crippen molar-refractivity contribution in [2.45, 2.75) is 0 Å². The van der Waals surface area contributed by atoms with Gasteiger partial charge in [0.25, 0.3) is 0 Å². The Balaban J connectivity index is 0.994. The maximum atomic E-state index is 6.62. The van der Waals surface area contributed by atoms with Crippen LogP contribution in [0.2, 0.25) is 0 Å². The molecule has 4 aromatic heterocycles. The molecule has 0 aliphatic carbocycles. The number of hydrogen-bond donors (Lipinski definition) is 0. The summed E-state index contributed by atoms with van der Waals surface area (Å²) in [5.41, 5.74) is 7.92. The highest BCUT2D eigenvalue weighted by atomic mass is 32.1. The van der Waals surface area contributed by atoms with E-state index in [2.05, 4.69) is 180 Å². The van der Waals surface area contributed by atoms with Gasteiger partial charge in [-0.25, -0.2) is 15.0 Å². The molecule has 0 spiro atoms. The zero-order valence-electron chi connectivity index (χ0n) is 33.6. The van der Waals surface area contributed by atoms with Crippen molar-refractivity contribution < 1.29 is 4.42 Å². The molecule has 6 heteroatoms. The monoisotopic (exact) mass is 820 g/mol. The molecule has 5 nitrogen and oxygen atoms in total. The van der Waals surface area contributed by atoms with Crippen LogP contribution in [0.15, 0.2) is 199 Å². The molecule has 292 valence electrons. The molecular weight excluding hydrogens is 789 g/mol. The van der Waals surface area contributed by atoms with Gasteiger partial charge in [0, 0.05) is 64.1 Å². The van der Waals surface area contributed by atoms with Crippen LogP contribution in [0.4, 0.5) is 0 Å². The van der Waals surface area contributed by atoms with Crippen molar-refractivity contribution in [2.24, 2.45) is 0 Å². The van der Waals surface area contributed by atoms with Crippen LogP contribution in [0.1, 0.15) is 0 Å². The van der Waals surface area contributed by atoms with Gasteiger partial charge in [-0.2, -0.15) is 0 Å². The fraction of sp³-hybridized carbons (Fsp3) is 0. The molecule has 0 radical (unpaired) electrons. The van der Waals surface area contributed by atoms with Gasteiger partial charge in [-0.1, -0.05) is 121 Å². The molecule has 10 aromatic carbocycles. The highest BCUT2D eigenvalue weighted by Crippen LogP contribution is 2.42. The van der Waals surface area contributed by atoms with E-state index >= 15 is 0 Å². The van der Waals surface area contributed by atoms with Gasteiger partial charge >= 0.3 is 0 Å². The highest BCUT2D eigenvalue weighted by Gasteiger charge is 2.20. The zero-order chi connectivity index (χ0) is 41.2. The number of furan rings is 1. The summed E-state index contributed by atoms with van der Waals surface area (Å²) in [5.74, 6) is 1.89. The molecule has 14 rings (SSSR count). The number of rotatable bonds is 4. The summed E-state index contributed by atoms with van der Waals surface area (Å²) >= 11 is 1.78. The van der Waals surface area contributed by atoms with E-state index in [1.165, 1.54) is 58.8 Å². The molecule has 0 N–H and O–H groups in total. The van der Waals surface area contributed by atoms with Gasteiger partial charge in [0.05, 0.1) is 11.0 Å². The normalized spacial score (nSPS) is 12.1. The van der Waals surface area contributed by atoms with Gasteiger partial charge in [-0.3, -0.25) is 0 Å². The van der Waals surface area contributed by atoms with E-state index in [4.69, 9.17) is 19.4 Å². The summed E-state index contributed by atoms with van der Waals surface area (Å²) in [4.78, 5) is 15.5. The third-order valence-electron chi connectivity index (χ3n) is 12.8. The van der Waals surface area contributed by atoms with Gasteiger partial charge in [0.15, 0.2) is 17.5 Å². The highest BCUT2D eigenvalue weighted by molar-refractivity contribution is 7.26. The number of thiophene rings is 1. The summed E-state index contributed by atoms with van der Waals surface area (Å²) in [6, 6.07) is 69.2. The Labute approximate surface area is 363 Å². The number of nitrogens with zero attached hydrogens (tertiary/aromatic N) is 4. The van der Waals surface area contributed by atoms with E-state index in [1.807, 2.05) is 18.2 Å². The summed E-state index contributed by atoms with van der Waals surface area (Å²) in [6.07, 6.45) is 0. The molecule has 0 fully saturated rings. The van der Waals surface area contributed by atoms with E-state index in [1.54, 1.807) is 11.3 Å². The van der Waals surface area contributed by atoms with Gasteiger partial charge in [0.1, 0.15) is 11.2 Å². The molecule has 0 unspecified atom stereocenters. The molecule has 4 heterocycles. The Morgan fingerprint density at radius 1 is 0.381 bits per heavy atom. The summed E-state index contributed by atoms with van der Waals surface area (Å²) in [6.45, 7) is 0. The summed E-state index contributed by atoms with van der Waals surface area (Å²) < 4.78 is 11.5. The minimum Gasteiger partial charge on any atom is -0.456 e. The van der Waals surface area contributed by atoms with E-state index in [-0.39, 0.29) is 0 Å². The topological polar surface area (TPSA) is 56.7 Å².